The van der Waals surface area contributed by atoms with Gasteiger partial charge in [0, 0.05) is 6.20 Å². The highest BCUT2D eigenvalue weighted by Crippen LogP contribution is 2.18. The molecule has 2 heterocycles. The standard InChI is InChI=1S/C14H14ClN3O2/c1-2-9-4-3-7-16-11(9)8-17-13-10(14(19)20)5-6-12(15)18-13/h3-7H,2,8H2,1H3,(H,17,18)(H,19,20). The topological polar surface area (TPSA) is 75.1 Å². The van der Waals surface area contributed by atoms with Gasteiger partial charge in [-0.15, -0.1) is 0 Å². The van der Waals surface area contributed by atoms with E-state index in [9.17, 15) is 4.79 Å². The predicted molar refractivity (Wildman–Crippen MR) is 77.1 cm³/mol. The Kier molecular flexibility index (Phi) is 4.53. The van der Waals surface area contributed by atoms with Crippen molar-refractivity contribution in [3.05, 3.63) is 52.4 Å². The lowest BCUT2D eigenvalue weighted by atomic mass is 10.1. The van der Waals surface area contributed by atoms with Gasteiger partial charge in [-0.1, -0.05) is 24.6 Å². The van der Waals surface area contributed by atoms with Crippen molar-refractivity contribution in [3.8, 4) is 0 Å². The van der Waals surface area contributed by atoms with E-state index in [1.165, 1.54) is 12.1 Å². The van der Waals surface area contributed by atoms with Gasteiger partial charge in [0.15, 0.2) is 0 Å². The average Bonchev–Trinajstić information content (AvgIpc) is 2.45. The third kappa shape index (κ3) is 3.24. The fraction of sp³-hybridized carbons (Fsp3) is 0.214. The fourth-order valence-corrected chi connectivity index (χ4v) is 2.01. The highest BCUT2D eigenvalue weighted by molar-refractivity contribution is 6.29. The molecule has 0 saturated heterocycles. The lowest BCUT2D eigenvalue weighted by Crippen LogP contribution is -2.10. The molecule has 5 nitrogen and oxygen atoms in total. The summed E-state index contributed by atoms with van der Waals surface area (Å²) in [6, 6.07) is 6.75. The van der Waals surface area contributed by atoms with Gasteiger partial charge in [0.05, 0.1) is 12.2 Å². The second kappa shape index (κ2) is 6.34. The minimum absolute atomic E-state index is 0.0865. The molecule has 0 unspecified atom stereocenters. The number of hydrogen-bond acceptors (Lipinski definition) is 4. The Labute approximate surface area is 121 Å². The van der Waals surface area contributed by atoms with Crippen LogP contribution in [0.1, 0.15) is 28.5 Å². The molecular formula is C14H14ClN3O2. The molecule has 6 heteroatoms. The zero-order valence-corrected chi connectivity index (χ0v) is 11.7. The fourth-order valence-electron chi connectivity index (χ4n) is 1.86. The van der Waals surface area contributed by atoms with Crippen molar-refractivity contribution < 1.29 is 9.90 Å². The highest BCUT2D eigenvalue weighted by Gasteiger charge is 2.12. The number of pyridine rings is 2. The molecule has 0 aliphatic heterocycles. The first-order valence-corrected chi connectivity index (χ1v) is 6.56. The van der Waals surface area contributed by atoms with Crippen LogP contribution in [0.3, 0.4) is 0 Å². The maximum Gasteiger partial charge on any atom is 0.339 e. The summed E-state index contributed by atoms with van der Waals surface area (Å²) in [5, 5.41) is 12.3. The van der Waals surface area contributed by atoms with Crippen LogP contribution in [0.4, 0.5) is 5.82 Å². The third-order valence-electron chi connectivity index (χ3n) is 2.88. The summed E-state index contributed by atoms with van der Waals surface area (Å²) in [7, 11) is 0. The van der Waals surface area contributed by atoms with Crippen LogP contribution in [0, 0.1) is 0 Å². The Bertz CT molecular complexity index is 632. The van der Waals surface area contributed by atoms with E-state index in [2.05, 4.69) is 15.3 Å². The molecule has 2 rings (SSSR count). The number of halogens is 1. The average molecular weight is 292 g/mol. The number of carboxylic acid groups (broad SMARTS) is 1. The van der Waals surface area contributed by atoms with Crippen LogP contribution in [0.5, 0.6) is 0 Å². The van der Waals surface area contributed by atoms with Gasteiger partial charge in [0.1, 0.15) is 16.5 Å². The van der Waals surface area contributed by atoms with E-state index in [4.69, 9.17) is 16.7 Å². The molecule has 104 valence electrons. The summed E-state index contributed by atoms with van der Waals surface area (Å²) < 4.78 is 0. The van der Waals surface area contributed by atoms with E-state index in [0.29, 0.717) is 6.54 Å². The van der Waals surface area contributed by atoms with E-state index in [0.717, 1.165) is 17.7 Å². The predicted octanol–water partition coefficient (Wildman–Crippen LogP) is 3.00. The van der Waals surface area contributed by atoms with Crippen molar-refractivity contribution in [2.45, 2.75) is 19.9 Å². The van der Waals surface area contributed by atoms with Crippen LogP contribution < -0.4 is 5.32 Å². The second-order valence-corrected chi connectivity index (χ2v) is 4.54. The zero-order valence-electron chi connectivity index (χ0n) is 10.9. The van der Waals surface area contributed by atoms with E-state index >= 15 is 0 Å². The Hall–Kier alpha value is -2.14. The number of nitrogens with zero attached hydrogens (tertiary/aromatic N) is 2. The quantitative estimate of drug-likeness (QED) is 0.828. The third-order valence-corrected chi connectivity index (χ3v) is 3.09. The van der Waals surface area contributed by atoms with Crippen LogP contribution in [-0.2, 0) is 13.0 Å². The summed E-state index contributed by atoms with van der Waals surface area (Å²) in [6.45, 7) is 2.44. The molecule has 0 saturated carbocycles. The molecule has 2 N–H and O–H groups in total. The number of nitrogens with one attached hydrogen (secondary N) is 1. The van der Waals surface area contributed by atoms with Crippen molar-refractivity contribution in [3.63, 3.8) is 0 Å². The molecule has 0 aliphatic rings. The first-order chi connectivity index (χ1) is 9.61. The molecule has 0 aromatic carbocycles. The number of aromatic carboxylic acids is 1. The van der Waals surface area contributed by atoms with Crippen molar-refractivity contribution in [2.24, 2.45) is 0 Å². The molecule has 0 bridgehead atoms. The van der Waals surface area contributed by atoms with E-state index in [1.807, 2.05) is 19.1 Å². The second-order valence-electron chi connectivity index (χ2n) is 4.15. The van der Waals surface area contributed by atoms with Crippen molar-refractivity contribution in [1.82, 2.24) is 9.97 Å². The number of anilines is 1. The number of aryl methyl sites for hydroxylation is 1. The van der Waals surface area contributed by atoms with Gasteiger partial charge in [0.2, 0.25) is 0 Å². The Balaban J connectivity index is 2.22. The smallest absolute Gasteiger partial charge is 0.339 e. The molecule has 0 aliphatic carbocycles. The monoisotopic (exact) mass is 291 g/mol. The Morgan fingerprint density at radius 1 is 1.40 bits per heavy atom. The van der Waals surface area contributed by atoms with Crippen LogP contribution in [0.15, 0.2) is 30.5 Å². The Morgan fingerprint density at radius 3 is 2.90 bits per heavy atom. The summed E-state index contributed by atoms with van der Waals surface area (Å²) in [6.07, 6.45) is 2.57. The molecule has 0 radical (unpaired) electrons. The molecule has 2 aromatic heterocycles. The van der Waals surface area contributed by atoms with Crippen LogP contribution in [-0.4, -0.2) is 21.0 Å². The van der Waals surface area contributed by atoms with Gasteiger partial charge in [0.25, 0.3) is 0 Å². The normalized spacial score (nSPS) is 10.3. The SMILES string of the molecule is CCc1cccnc1CNc1nc(Cl)ccc1C(=O)O. The summed E-state index contributed by atoms with van der Waals surface area (Å²) in [4.78, 5) is 19.4. The maximum absolute atomic E-state index is 11.1. The molecule has 0 atom stereocenters. The highest BCUT2D eigenvalue weighted by atomic mass is 35.5. The van der Waals surface area contributed by atoms with E-state index in [1.54, 1.807) is 6.20 Å². The molecule has 2 aromatic rings. The number of rotatable bonds is 5. The van der Waals surface area contributed by atoms with Crippen molar-refractivity contribution in [1.29, 1.82) is 0 Å². The van der Waals surface area contributed by atoms with Gasteiger partial charge in [-0.05, 0) is 30.2 Å². The van der Waals surface area contributed by atoms with Gasteiger partial charge in [-0.2, -0.15) is 0 Å². The van der Waals surface area contributed by atoms with Crippen LogP contribution >= 0.6 is 11.6 Å². The lowest BCUT2D eigenvalue weighted by molar-refractivity contribution is 0.0697. The molecule has 0 fully saturated rings. The number of carboxylic acids is 1. The minimum atomic E-state index is -1.05. The van der Waals surface area contributed by atoms with Crippen molar-refractivity contribution in [2.75, 3.05) is 5.32 Å². The van der Waals surface area contributed by atoms with Crippen LogP contribution in [0.25, 0.3) is 0 Å². The molecule has 0 spiro atoms. The number of carbonyl (C=O) groups is 1. The summed E-state index contributed by atoms with van der Waals surface area (Å²) in [5.74, 6) is -0.800. The number of hydrogen-bond donors (Lipinski definition) is 2. The molecule has 20 heavy (non-hydrogen) atoms. The van der Waals surface area contributed by atoms with E-state index < -0.39 is 5.97 Å². The number of aromatic nitrogens is 2. The maximum atomic E-state index is 11.1. The van der Waals surface area contributed by atoms with Gasteiger partial charge in [-0.3, -0.25) is 4.98 Å². The zero-order chi connectivity index (χ0) is 14.5. The minimum Gasteiger partial charge on any atom is -0.478 e. The van der Waals surface area contributed by atoms with Gasteiger partial charge >= 0.3 is 5.97 Å². The lowest BCUT2D eigenvalue weighted by Gasteiger charge is -2.10. The summed E-state index contributed by atoms with van der Waals surface area (Å²) >= 11 is 5.80. The van der Waals surface area contributed by atoms with Gasteiger partial charge < -0.3 is 10.4 Å². The summed E-state index contributed by atoms with van der Waals surface area (Å²) in [5.41, 5.74) is 2.07. The largest absolute Gasteiger partial charge is 0.478 e. The molecule has 0 amide bonds. The first kappa shape index (κ1) is 14.3. The van der Waals surface area contributed by atoms with E-state index in [-0.39, 0.29) is 16.5 Å². The first-order valence-electron chi connectivity index (χ1n) is 6.18. The van der Waals surface area contributed by atoms with Crippen LogP contribution in [0.2, 0.25) is 5.15 Å². The Morgan fingerprint density at radius 2 is 2.20 bits per heavy atom. The van der Waals surface area contributed by atoms with Gasteiger partial charge in [-0.25, -0.2) is 9.78 Å². The van der Waals surface area contributed by atoms with Crippen molar-refractivity contribution >= 4 is 23.4 Å². The molecular weight excluding hydrogens is 278 g/mol.